The number of ether oxygens (including phenoxy) is 2. The fourth-order valence-corrected chi connectivity index (χ4v) is 1.57. The second-order valence-corrected chi connectivity index (χ2v) is 5.19. The normalized spacial score (nSPS) is 11.0. The summed E-state index contributed by atoms with van der Waals surface area (Å²) in [4.78, 5) is 11.6. The van der Waals surface area contributed by atoms with Gasteiger partial charge in [-0.2, -0.15) is 0 Å². The number of hydrogen-bond acceptors (Lipinski definition) is 4. The predicted octanol–water partition coefficient (Wildman–Crippen LogP) is 2.18. The SMILES string of the molecule is COc1ccc(CNC(=O)OC(C)(C)C)c(CN)c1. The first-order valence-corrected chi connectivity index (χ1v) is 6.18. The van der Waals surface area contributed by atoms with Crippen molar-refractivity contribution in [1.29, 1.82) is 0 Å². The van der Waals surface area contributed by atoms with Crippen molar-refractivity contribution >= 4 is 6.09 Å². The molecular weight excluding hydrogens is 244 g/mol. The number of carbonyl (C=O) groups excluding carboxylic acids is 1. The van der Waals surface area contributed by atoms with E-state index in [4.69, 9.17) is 15.2 Å². The third-order valence-corrected chi connectivity index (χ3v) is 2.46. The van der Waals surface area contributed by atoms with Crippen molar-refractivity contribution in [3.8, 4) is 5.75 Å². The smallest absolute Gasteiger partial charge is 0.407 e. The zero-order valence-corrected chi connectivity index (χ0v) is 11.9. The molecule has 5 heteroatoms. The van der Waals surface area contributed by atoms with Crippen LogP contribution in [0, 0.1) is 0 Å². The summed E-state index contributed by atoms with van der Waals surface area (Å²) in [6.45, 7) is 6.25. The van der Waals surface area contributed by atoms with Crippen molar-refractivity contribution < 1.29 is 14.3 Å². The molecule has 0 spiro atoms. The largest absolute Gasteiger partial charge is 0.497 e. The molecule has 1 rings (SSSR count). The molecule has 0 atom stereocenters. The predicted molar refractivity (Wildman–Crippen MR) is 74.0 cm³/mol. The fourth-order valence-electron chi connectivity index (χ4n) is 1.57. The molecule has 0 unspecified atom stereocenters. The monoisotopic (exact) mass is 266 g/mol. The summed E-state index contributed by atoms with van der Waals surface area (Å²) in [5, 5.41) is 2.71. The Balaban J connectivity index is 2.65. The first kappa shape index (κ1) is 15.3. The highest BCUT2D eigenvalue weighted by Crippen LogP contribution is 2.17. The molecule has 0 aliphatic heterocycles. The van der Waals surface area contributed by atoms with Crippen LogP contribution in [0.2, 0.25) is 0 Å². The Kier molecular flexibility index (Phi) is 5.18. The maximum absolute atomic E-state index is 11.6. The Hall–Kier alpha value is -1.75. The van der Waals surface area contributed by atoms with E-state index < -0.39 is 11.7 Å². The number of carbonyl (C=O) groups is 1. The zero-order valence-electron chi connectivity index (χ0n) is 11.9. The van der Waals surface area contributed by atoms with Gasteiger partial charge in [-0.05, 0) is 44.0 Å². The van der Waals surface area contributed by atoms with E-state index in [0.29, 0.717) is 13.1 Å². The molecule has 0 fully saturated rings. The minimum atomic E-state index is -0.499. The van der Waals surface area contributed by atoms with Gasteiger partial charge in [-0.1, -0.05) is 6.07 Å². The first-order chi connectivity index (χ1) is 8.85. The molecule has 0 saturated heterocycles. The standard InChI is InChI=1S/C14H22N2O3/c1-14(2,3)19-13(17)16-9-10-5-6-12(18-4)7-11(10)8-15/h5-7H,8-9,15H2,1-4H3,(H,16,17). The molecule has 0 aliphatic carbocycles. The van der Waals surface area contributed by atoms with Gasteiger partial charge < -0.3 is 20.5 Å². The molecule has 0 aromatic heterocycles. The van der Waals surface area contributed by atoms with Gasteiger partial charge in [0, 0.05) is 13.1 Å². The molecule has 5 nitrogen and oxygen atoms in total. The number of nitrogens with two attached hydrogens (primary N) is 1. The first-order valence-electron chi connectivity index (χ1n) is 6.18. The molecule has 0 saturated carbocycles. The van der Waals surface area contributed by atoms with Crippen LogP contribution in [0.5, 0.6) is 5.75 Å². The minimum Gasteiger partial charge on any atom is -0.497 e. The highest BCUT2D eigenvalue weighted by molar-refractivity contribution is 5.67. The van der Waals surface area contributed by atoms with E-state index in [2.05, 4.69) is 5.32 Å². The van der Waals surface area contributed by atoms with Crippen molar-refractivity contribution in [3.63, 3.8) is 0 Å². The van der Waals surface area contributed by atoms with Crippen LogP contribution in [0.4, 0.5) is 4.79 Å². The van der Waals surface area contributed by atoms with Gasteiger partial charge in [0.1, 0.15) is 11.4 Å². The van der Waals surface area contributed by atoms with Crippen LogP contribution >= 0.6 is 0 Å². The maximum Gasteiger partial charge on any atom is 0.407 e. The van der Waals surface area contributed by atoms with Gasteiger partial charge in [0.05, 0.1) is 7.11 Å². The average Bonchev–Trinajstić information content (AvgIpc) is 2.34. The topological polar surface area (TPSA) is 73.6 Å². The van der Waals surface area contributed by atoms with E-state index in [1.54, 1.807) is 7.11 Å². The van der Waals surface area contributed by atoms with Gasteiger partial charge in [-0.15, -0.1) is 0 Å². The molecule has 1 aromatic rings. The number of amides is 1. The van der Waals surface area contributed by atoms with Crippen molar-refractivity contribution in [2.45, 2.75) is 39.5 Å². The lowest BCUT2D eigenvalue weighted by atomic mass is 10.1. The van der Waals surface area contributed by atoms with Crippen LogP contribution in [0.15, 0.2) is 18.2 Å². The highest BCUT2D eigenvalue weighted by atomic mass is 16.6. The molecule has 1 aromatic carbocycles. The van der Waals surface area contributed by atoms with Gasteiger partial charge in [0.25, 0.3) is 0 Å². The van der Waals surface area contributed by atoms with Gasteiger partial charge in [0.15, 0.2) is 0 Å². The fraction of sp³-hybridized carbons (Fsp3) is 0.500. The van der Waals surface area contributed by atoms with Gasteiger partial charge in [-0.3, -0.25) is 0 Å². The lowest BCUT2D eigenvalue weighted by molar-refractivity contribution is 0.0523. The van der Waals surface area contributed by atoms with E-state index in [1.807, 2.05) is 39.0 Å². The van der Waals surface area contributed by atoms with Crippen LogP contribution in [0.25, 0.3) is 0 Å². The maximum atomic E-state index is 11.6. The third kappa shape index (κ3) is 5.18. The Labute approximate surface area is 114 Å². The van der Waals surface area contributed by atoms with Crippen molar-refractivity contribution in [2.75, 3.05) is 7.11 Å². The molecule has 1 amide bonds. The lowest BCUT2D eigenvalue weighted by Gasteiger charge is -2.20. The van der Waals surface area contributed by atoms with Crippen LogP contribution in [0.3, 0.4) is 0 Å². The summed E-state index contributed by atoms with van der Waals surface area (Å²) < 4.78 is 10.3. The van der Waals surface area contributed by atoms with Gasteiger partial charge >= 0.3 is 6.09 Å². The van der Waals surface area contributed by atoms with Crippen molar-refractivity contribution in [1.82, 2.24) is 5.32 Å². The molecule has 19 heavy (non-hydrogen) atoms. The highest BCUT2D eigenvalue weighted by Gasteiger charge is 2.16. The number of alkyl carbamates (subject to hydrolysis) is 1. The minimum absolute atomic E-state index is 0.380. The molecular formula is C14H22N2O3. The van der Waals surface area contributed by atoms with Crippen molar-refractivity contribution in [3.05, 3.63) is 29.3 Å². The van der Waals surface area contributed by atoms with E-state index >= 15 is 0 Å². The van der Waals surface area contributed by atoms with Crippen LogP contribution < -0.4 is 15.8 Å². The van der Waals surface area contributed by atoms with Crippen molar-refractivity contribution in [2.24, 2.45) is 5.73 Å². The van der Waals surface area contributed by atoms with E-state index in [9.17, 15) is 4.79 Å². The Morgan fingerprint density at radius 2 is 2.00 bits per heavy atom. The average molecular weight is 266 g/mol. The Bertz CT molecular complexity index is 439. The van der Waals surface area contributed by atoms with Gasteiger partial charge in [-0.25, -0.2) is 4.79 Å². The quantitative estimate of drug-likeness (QED) is 0.876. The van der Waals surface area contributed by atoms with E-state index in [1.165, 1.54) is 0 Å². The third-order valence-electron chi connectivity index (χ3n) is 2.46. The number of nitrogens with one attached hydrogen (secondary N) is 1. The Morgan fingerprint density at radius 1 is 1.32 bits per heavy atom. The van der Waals surface area contributed by atoms with E-state index in [0.717, 1.165) is 16.9 Å². The summed E-state index contributed by atoms with van der Waals surface area (Å²) in [5.41, 5.74) is 7.08. The second kappa shape index (κ2) is 6.43. The molecule has 0 heterocycles. The Morgan fingerprint density at radius 3 is 2.53 bits per heavy atom. The summed E-state index contributed by atoms with van der Waals surface area (Å²) in [6.07, 6.45) is -0.439. The molecule has 0 aliphatic rings. The van der Waals surface area contributed by atoms with Crippen LogP contribution in [-0.2, 0) is 17.8 Å². The summed E-state index contributed by atoms with van der Waals surface area (Å²) >= 11 is 0. The zero-order chi connectivity index (χ0) is 14.5. The number of methoxy groups -OCH3 is 1. The number of hydrogen-bond donors (Lipinski definition) is 2. The van der Waals surface area contributed by atoms with Crippen LogP contribution in [-0.4, -0.2) is 18.8 Å². The lowest BCUT2D eigenvalue weighted by Crippen LogP contribution is -2.32. The molecule has 106 valence electrons. The van der Waals surface area contributed by atoms with Crippen LogP contribution in [0.1, 0.15) is 31.9 Å². The summed E-state index contributed by atoms with van der Waals surface area (Å²) in [6, 6.07) is 5.59. The molecule has 0 radical (unpaired) electrons. The molecule has 0 bridgehead atoms. The molecule has 3 N–H and O–H groups in total. The second-order valence-electron chi connectivity index (χ2n) is 5.19. The van der Waals surface area contributed by atoms with Gasteiger partial charge in [0.2, 0.25) is 0 Å². The summed E-state index contributed by atoms with van der Waals surface area (Å²) in [7, 11) is 1.61. The van der Waals surface area contributed by atoms with E-state index in [-0.39, 0.29) is 0 Å². The number of rotatable bonds is 4. The summed E-state index contributed by atoms with van der Waals surface area (Å²) in [5.74, 6) is 0.751. The number of benzene rings is 1.